The molecule has 7 nitrogen and oxygen atoms in total. The Bertz CT molecular complexity index is 841. The number of ether oxygens (including phenoxy) is 1. The number of carbonyl (C=O) groups excluding carboxylic acids is 4. The van der Waals surface area contributed by atoms with Gasteiger partial charge in [-0.3, -0.25) is 29.4 Å². The number of nitrogens with zero attached hydrogens (tertiary/aromatic N) is 1. The third-order valence-electron chi connectivity index (χ3n) is 5.47. The zero-order chi connectivity index (χ0) is 21.7. The Balaban J connectivity index is 1.61. The molecule has 1 saturated heterocycles. The molecule has 0 radical (unpaired) electrons. The maximum Gasteiger partial charge on any atom is 0.266 e. The van der Waals surface area contributed by atoms with Gasteiger partial charge in [-0.15, -0.1) is 0 Å². The molecular formula is C22H27BrN2O5. The first-order chi connectivity index (χ1) is 14.4. The van der Waals surface area contributed by atoms with Crippen molar-refractivity contribution in [2.45, 2.75) is 69.2 Å². The van der Waals surface area contributed by atoms with Gasteiger partial charge in [0.1, 0.15) is 11.8 Å². The quantitative estimate of drug-likeness (QED) is 0.315. The van der Waals surface area contributed by atoms with Crippen LogP contribution in [0.25, 0.3) is 0 Å². The molecule has 8 heteroatoms. The van der Waals surface area contributed by atoms with E-state index in [0.717, 1.165) is 30.6 Å². The smallest absolute Gasteiger partial charge is 0.266 e. The third kappa shape index (κ3) is 4.91. The SMILES string of the molecule is CCCCC(Br)CCCCOc1cccc2c1C(=O)N(C1CCC(=O)NC1=O)C2=O. The normalized spacial score (nSPS) is 19.7. The van der Waals surface area contributed by atoms with E-state index in [1.54, 1.807) is 18.2 Å². The van der Waals surface area contributed by atoms with Gasteiger partial charge in [0.25, 0.3) is 11.8 Å². The van der Waals surface area contributed by atoms with Crippen LogP contribution in [-0.4, -0.2) is 46.0 Å². The summed E-state index contributed by atoms with van der Waals surface area (Å²) >= 11 is 3.70. The maximum absolute atomic E-state index is 13.0. The van der Waals surface area contributed by atoms with E-state index >= 15 is 0 Å². The van der Waals surface area contributed by atoms with Crippen molar-refractivity contribution in [3.05, 3.63) is 29.3 Å². The molecule has 2 aliphatic heterocycles. The number of carbonyl (C=O) groups is 4. The Morgan fingerprint density at radius 2 is 1.90 bits per heavy atom. The lowest BCUT2D eigenvalue weighted by molar-refractivity contribution is -0.136. The molecule has 3 rings (SSSR count). The van der Waals surface area contributed by atoms with Gasteiger partial charge in [0.15, 0.2) is 0 Å². The zero-order valence-electron chi connectivity index (χ0n) is 17.1. The molecule has 1 aromatic carbocycles. The molecule has 2 aliphatic rings. The molecule has 0 bridgehead atoms. The van der Waals surface area contributed by atoms with E-state index in [1.165, 1.54) is 12.8 Å². The average Bonchev–Trinajstić information content (AvgIpc) is 2.97. The number of unbranched alkanes of at least 4 members (excludes halogenated alkanes) is 2. The minimum Gasteiger partial charge on any atom is -0.493 e. The van der Waals surface area contributed by atoms with Gasteiger partial charge in [-0.2, -0.15) is 0 Å². The molecule has 0 aliphatic carbocycles. The molecule has 2 unspecified atom stereocenters. The van der Waals surface area contributed by atoms with Gasteiger partial charge in [0, 0.05) is 11.2 Å². The van der Waals surface area contributed by atoms with E-state index in [1.807, 2.05) is 0 Å². The van der Waals surface area contributed by atoms with Gasteiger partial charge in [-0.1, -0.05) is 41.8 Å². The van der Waals surface area contributed by atoms with Crippen LogP contribution in [0.15, 0.2) is 18.2 Å². The molecule has 0 saturated carbocycles. The fourth-order valence-corrected chi connectivity index (χ4v) is 4.47. The first-order valence-electron chi connectivity index (χ1n) is 10.6. The van der Waals surface area contributed by atoms with Crippen LogP contribution in [0, 0.1) is 0 Å². The minimum atomic E-state index is -0.970. The fourth-order valence-electron chi connectivity index (χ4n) is 3.82. The number of piperidine rings is 1. The van der Waals surface area contributed by atoms with Crippen LogP contribution in [0.4, 0.5) is 0 Å². The predicted octanol–water partition coefficient (Wildman–Crippen LogP) is 3.59. The molecule has 1 N–H and O–H groups in total. The van der Waals surface area contributed by atoms with Crippen molar-refractivity contribution < 1.29 is 23.9 Å². The van der Waals surface area contributed by atoms with Crippen molar-refractivity contribution in [3.8, 4) is 5.75 Å². The molecule has 1 aromatic rings. The van der Waals surface area contributed by atoms with E-state index < -0.39 is 29.7 Å². The molecule has 2 heterocycles. The molecule has 30 heavy (non-hydrogen) atoms. The number of fused-ring (bicyclic) bond motifs is 1. The summed E-state index contributed by atoms with van der Waals surface area (Å²) in [7, 11) is 0. The summed E-state index contributed by atoms with van der Waals surface area (Å²) < 4.78 is 5.84. The topological polar surface area (TPSA) is 92.8 Å². The van der Waals surface area contributed by atoms with E-state index in [0.29, 0.717) is 17.2 Å². The number of halogens is 1. The Morgan fingerprint density at radius 1 is 1.13 bits per heavy atom. The highest BCUT2D eigenvalue weighted by Gasteiger charge is 2.45. The largest absolute Gasteiger partial charge is 0.493 e. The Morgan fingerprint density at radius 3 is 2.63 bits per heavy atom. The highest BCUT2D eigenvalue weighted by atomic mass is 79.9. The second kappa shape index (κ2) is 10.2. The van der Waals surface area contributed by atoms with E-state index in [-0.39, 0.29) is 24.0 Å². The first-order valence-corrected chi connectivity index (χ1v) is 11.5. The van der Waals surface area contributed by atoms with Crippen LogP contribution in [-0.2, 0) is 9.59 Å². The summed E-state index contributed by atoms with van der Waals surface area (Å²) in [4.78, 5) is 50.8. The summed E-state index contributed by atoms with van der Waals surface area (Å²) in [5.74, 6) is -1.71. The molecule has 0 spiro atoms. The summed E-state index contributed by atoms with van der Waals surface area (Å²) in [6.07, 6.45) is 6.71. The second-order valence-electron chi connectivity index (χ2n) is 7.71. The van der Waals surface area contributed by atoms with Crippen molar-refractivity contribution >= 4 is 39.6 Å². The Hall–Kier alpha value is -2.22. The number of hydrogen-bond donors (Lipinski definition) is 1. The van der Waals surface area contributed by atoms with Crippen LogP contribution < -0.4 is 10.1 Å². The van der Waals surface area contributed by atoms with Gasteiger partial charge in [-0.05, 0) is 44.2 Å². The highest BCUT2D eigenvalue weighted by Crippen LogP contribution is 2.33. The fraction of sp³-hybridized carbons (Fsp3) is 0.545. The molecule has 0 aromatic heterocycles. The molecule has 162 valence electrons. The van der Waals surface area contributed by atoms with Crippen LogP contribution in [0.5, 0.6) is 5.75 Å². The monoisotopic (exact) mass is 478 g/mol. The van der Waals surface area contributed by atoms with Crippen LogP contribution >= 0.6 is 15.9 Å². The van der Waals surface area contributed by atoms with Crippen molar-refractivity contribution in [2.24, 2.45) is 0 Å². The van der Waals surface area contributed by atoms with Crippen molar-refractivity contribution in [1.82, 2.24) is 10.2 Å². The molecule has 2 atom stereocenters. The molecule has 1 fully saturated rings. The first kappa shape index (κ1) is 22.5. The van der Waals surface area contributed by atoms with Gasteiger partial charge in [0.05, 0.1) is 17.7 Å². The van der Waals surface area contributed by atoms with Crippen LogP contribution in [0.2, 0.25) is 0 Å². The second-order valence-corrected chi connectivity index (χ2v) is 9.00. The third-order valence-corrected chi connectivity index (χ3v) is 6.39. The Kier molecular flexibility index (Phi) is 7.64. The van der Waals surface area contributed by atoms with Crippen molar-refractivity contribution in [3.63, 3.8) is 0 Å². The molecular weight excluding hydrogens is 452 g/mol. The van der Waals surface area contributed by atoms with Gasteiger partial charge < -0.3 is 4.74 Å². The van der Waals surface area contributed by atoms with Gasteiger partial charge >= 0.3 is 0 Å². The standard InChI is InChI=1S/C22H27BrN2O5/c1-2-3-7-14(23)8-4-5-13-30-17-10-6-9-15-19(17)22(29)25(21(15)28)16-11-12-18(26)24-20(16)27/h6,9-10,14,16H,2-5,7-8,11-13H2,1H3,(H,24,26,27). The molecule has 4 amide bonds. The summed E-state index contributed by atoms with van der Waals surface area (Å²) in [6.45, 7) is 2.63. The number of imide groups is 2. The van der Waals surface area contributed by atoms with Gasteiger partial charge in [-0.25, -0.2) is 0 Å². The number of rotatable bonds is 10. The summed E-state index contributed by atoms with van der Waals surface area (Å²) in [5, 5.41) is 2.20. The highest BCUT2D eigenvalue weighted by molar-refractivity contribution is 9.09. The minimum absolute atomic E-state index is 0.0972. The number of hydrogen-bond acceptors (Lipinski definition) is 5. The predicted molar refractivity (Wildman–Crippen MR) is 115 cm³/mol. The Labute approximate surface area is 184 Å². The zero-order valence-corrected chi connectivity index (χ0v) is 18.7. The van der Waals surface area contributed by atoms with Gasteiger partial charge in [0.2, 0.25) is 11.8 Å². The van der Waals surface area contributed by atoms with E-state index in [9.17, 15) is 19.2 Å². The number of benzene rings is 1. The summed E-state index contributed by atoms with van der Waals surface area (Å²) in [6, 6.07) is 3.94. The lowest BCUT2D eigenvalue weighted by Crippen LogP contribution is -2.54. The lowest BCUT2D eigenvalue weighted by Gasteiger charge is -2.27. The lowest BCUT2D eigenvalue weighted by atomic mass is 10.0. The maximum atomic E-state index is 13.0. The van der Waals surface area contributed by atoms with Crippen molar-refractivity contribution in [2.75, 3.05) is 6.61 Å². The number of nitrogens with one attached hydrogen (secondary N) is 1. The van der Waals surface area contributed by atoms with E-state index in [4.69, 9.17) is 4.74 Å². The summed E-state index contributed by atoms with van der Waals surface area (Å²) in [5.41, 5.74) is 0.441. The average molecular weight is 479 g/mol. The van der Waals surface area contributed by atoms with Crippen molar-refractivity contribution in [1.29, 1.82) is 0 Å². The van der Waals surface area contributed by atoms with Crippen LogP contribution in [0.3, 0.4) is 0 Å². The number of amides is 4. The van der Waals surface area contributed by atoms with Crippen LogP contribution in [0.1, 0.15) is 79.0 Å². The van der Waals surface area contributed by atoms with E-state index in [2.05, 4.69) is 28.2 Å². The number of alkyl halides is 1.